The molecule has 2 rings (SSSR count). The smallest absolute Gasteiger partial charge is 0.310 e. The second kappa shape index (κ2) is 6.44. The lowest BCUT2D eigenvalue weighted by Crippen LogP contribution is -2.49. The summed E-state index contributed by atoms with van der Waals surface area (Å²) in [7, 11) is 4.28. The van der Waals surface area contributed by atoms with Crippen molar-refractivity contribution in [2.75, 3.05) is 33.7 Å². The van der Waals surface area contributed by atoms with Gasteiger partial charge in [0.1, 0.15) is 0 Å². The van der Waals surface area contributed by atoms with Crippen molar-refractivity contribution in [2.24, 2.45) is 11.3 Å². The quantitative estimate of drug-likeness (QED) is 0.859. The summed E-state index contributed by atoms with van der Waals surface area (Å²) in [4.78, 5) is 16.5. The number of aliphatic carboxylic acids is 1. The highest BCUT2D eigenvalue weighted by Gasteiger charge is 2.42. The standard InChI is InChI=1S/C16H30N2O2/c1-13-4-8-16(9-5-13,15(19)20)12-18-10-6-14(7-11-18)17(2)3/h13-14H,4-12H2,1-3H3,(H,19,20). The van der Waals surface area contributed by atoms with Crippen molar-refractivity contribution >= 4 is 5.97 Å². The van der Waals surface area contributed by atoms with E-state index in [9.17, 15) is 9.90 Å². The SMILES string of the molecule is CC1CCC(CN2CCC(N(C)C)CC2)(C(=O)O)CC1. The fraction of sp³-hybridized carbons (Fsp3) is 0.938. The van der Waals surface area contributed by atoms with Gasteiger partial charge in [-0.25, -0.2) is 0 Å². The molecule has 0 aromatic heterocycles. The number of carbonyl (C=O) groups is 1. The summed E-state index contributed by atoms with van der Waals surface area (Å²) < 4.78 is 0. The third-order valence-electron chi connectivity index (χ3n) is 5.50. The van der Waals surface area contributed by atoms with Crippen molar-refractivity contribution in [1.29, 1.82) is 0 Å². The van der Waals surface area contributed by atoms with Crippen LogP contribution < -0.4 is 0 Å². The third-order valence-corrected chi connectivity index (χ3v) is 5.50. The van der Waals surface area contributed by atoms with Crippen LogP contribution in [0.2, 0.25) is 0 Å². The molecule has 2 aliphatic rings. The molecule has 4 heteroatoms. The predicted molar refractivity (Wildman–Crippen MR) is 80.8 cm³/mol. The Balaban J connectivity index is 1.92. The van der Waals surface area contributed by atoms with Crippen molar-refractivity contribution < 1.29 is 9.90 Å². The summed E-state index contributed by atoms with van der Waals surface area (Å²) in [5.41, 5.74) is -0.475. The lowest BCUT2D eigenvalue weighted by molar-refractivity contribution is -0.153. The van der Waals surface area contributed by atoms with Crippen LogP contribution in [-0.2, 0) is 4.79 Å². The number of likely N-dealkylation sites (tertiary alicyclic amines) is 1. The van der Waals surface area contributed by atoms with Crippen LogP contribution in [0.25, 0.3) is 0 Å². The Hall–Kier alpha value is -0.610. The van der Waals surface area contributed by atoms with Crippen molar-refractivity contribution in [1.82, 2.24) is 9.80 Å². The number of piperidine rings is 1. The lowest BCUT2D eigenvalue weighted by atomic mass is 9.70. The number of rotatable bonds is 4. The Morgan fingerprint density at radius 3 is 2.20 bits per heavy atom. The molecule has 2 fully saturated rings. The molecule has 4 nitrogen and oxygen atoms in total. The van der Waals surface area contributed by atoms with Gasteiger partial charge in [0.15, 0.2) is 0 Å². The van der Waals surface area contributed by atoms with E-state index in [-0.39, 0.29) is 0 Å². The summed E-state index contributed by atoms with van der Waals surface area (Å²) in [6, 6.07) is 0.665. The molecule has 20 heavy (non-hydrogen) atoms. The second-order valence-electron chi connectivity index (χ2n) is 7.24. The molecule has 1 aliphatic heterocycles. The summed E-state index contributed by atoms with van der Waals surface area (Å²) >= 11 is 0. The van der Waals surface area contributed by atoms with Gasteiger partial charge in [-0.05, 0) is 71.6 Å². The monoisotopic (exact) mass is 282 g/mol. The van der Waals surface area contributed by atoms with Gasteiger partial charge in [-0.1, -0.05) is 6.92 Å². The van der Waals surface area contributed by atoms with E-state index in [1.807, 2.05) is 0 Å². The molecule has 0 aromatic carbocycles. The van der Waals surface area contributed by atoms with Gasteiger partial charge in [0.2, 0.25) is 0 Å². The topological polar surface area (TPSA) is 43.8 Å². The Morgan fingerprint density at radius 2 is 1.75 bits per heavy atom. The Kier molecular flexibility index (Phi) is 5.08. The van der Waals surface area contributed by atoms with Crippen molar-refractivity contribution in [3.63, 3.8) is 0 Å². The molecule has 0 spiro atoms. The molecule has 116 valence electrons. The summed E-state index contributed by atoms with van der Waals surface area (Å²) in [5.74, 6) is 0.126. The average Bonchev–Trinajstić information content (AvgIpc) is 2.42. The van der Waals surface area contributed by atoms with Gasteiger partial charge in [0, 0.05) is 12.6 Å². The summed E-state index contributed by atoms with van der Waals surface area (Å²) in [5, 5.41) is 9.71. The summed E-state index contributed by atoms with van der Waals surface area (Å²) in [6.07, 6.45) is 6.19. The Labute approximate surface area is 123 Å². The molecular weight excluding hydrogens is 252 g/mol. The minimum atomic E-state index is -0.570. The number of carboxylic acids is 1. The molecule has 1 aliphatic carbocycles. The maximum absolute atomic E-state index is 11.8. The van der Waals surface area contributed by atoms with Crippen molar-refractivity contribution in [3.05, 3.63) is 0 Å². The van der Waals surface area contributed by atoms with Gasteiger partial charge in [0.05, 0.1) is 5.41 Å². The van der Waals surface area contributed by atoms with E-state index in [2.05, 4.69) is 30.8 Å². The molecule has 1 N–H and O–H groups in total. The van der Waals surface area contributed by atoms with Crippen LogP contribution in [-0.4, -0.2) is 60.6 Å². The van der Waals surface area contributed by atoms with E-state index in [0.717, 1.165) is 45.3 Å². The second-order valence-corrected chi connectivity index (χ2v) is 7.24. The van der Waals surface area contributed by atoms with Crippen LogP contribution >= 0.6 is 0 Å². The Morgan fingerprint density at radius 1 is 1.20 bits per heavy atom. The van der Waals surface area contributed by atoms with Gasteiger partial charge < -0.3 is 14.9 Å². The normalized spacial score (nSPS) is 33.5. The zero-order valence-corrected chi connectivity index (χ0v) is 13.3. The largest absolute Gasteiger partial charge is 0.481 e. The van der Waals surface area contributed by atoms with Crippen molar-refractivity contribution in [3.8, 4) is 0 Å². The van der Waals surface area contributed by atoms with Gasteiger partial charge in [-0.15, -0.1) is 0 Å². The van der Waals surface area contributed by atoms with Crippen molar-refractivity contribution in [2.45, 2.75) is 51.5 Å². The molecular formula is C16H30N2O2. The average molecular weight is 282 g/mol. The number of hydrogen-bond acceptors (Lipinski definition) is 3. The van der Waals surface area contributed by atoms with Crippen LogP contribution in [0.15, 0.2) is 0 Å². The third kappa shape index (κ3) is 3.53. The lowest BCUT2D eigenvalue weighted by Gasteiger charge is -2.42. The first-order valence-corrected chi connectivity index (χ1v) is 8.05. The molecule has 0 radical (unpaired) electrons. The number of carboxylic acid groups (broad SMARTS) is 1. The van der Waals surface area contributed by atoms with Crippen LogP contribution in [0.1, 0.15) is 45.4 Å². The van der Waals surface area contributed by atoms with E-state index in [1.54, 1.807) is 0 Å². The number of nitrogens with zero attached hydrogens (tertiary/aromatic N) is 2. The highest BCUT2D eigenvalue weighted by Crippen LogP contribution is 2.40. The maximum atomic E-state index is 11.8. The maximum Gasteiger partial charge on any atom is 0.310 e. The molecule has 0 amide bonds. The molecule has 0 bridgehead atoms. The van der Waals surface area contributed by atoms with Crippen LogP contribution in [0.5, 0.6) is 0 Å². The van der Waals surface area contributed by atoms with Gasteiger partial charge >= 0.3 is 5.97 Å². The molecule has 1 saturated carbocycles. The van der Waals surface area contributed by atoms with E-state index < -0.39 is 11.4 Å². The van der Waals surface area contributed by atoms with E-state index in [4.69, 9.17) is 0 Å². The van der Waals surface area contributed by atoms with Gasteiger partial charge in [-0.2, -0.15) is 0 Å². The first kappa shape index (κ1) is 15.8. The van der Waals surface area contributed by atoms with Crippen LogP contribution in [0, 0.1) is 11.3 Å². The van der Waals surface area contributed by atoms with E-state index >= 15 is 0 Å². The van der Waals surface area contributed by atoms with Crippen LogP contribution in [0.4, 0.5) is 0 Å². The molecule has 0 atom stereocenters. The fourth-order valence-electron chi connectivity index (χ4n) is 3.78. The Bertz CT molecular complexity index is 327. The van der Waals surface area contributed by atoms with Gasteiger partial charge in [-0.3, -0.25) is 4.79 Å². The highest BCUT2D eigenvalue weighted by molar-refractivity contribution is 5.75. The molecule has 1 heterocycles. The molecule has 0 aromatic rings. The fourth-order valence-corrected chi connectivity index (χ4v) is 3.78. The minimum Gasteiger partial charge on any atom is -0.481 e. The highest BCUT2D eigenvalue weighted by atomic mass is 16.4. The predicted octanol–water partition coefficient (Wildman–Crippen LogP) is 2.29. The zero-order valence-electron chi connectivity index (χ0n) is 13.3. The molecule has 0 unspecified atom stereocenters. The van der Waals surface area contributed by atoms with E-state index in [1.165, 1.54) is 12.8 Å². The van der Waals surface area contributed by atoms with Crippen LogP contribution in [0.3, 0.4) is 0 Å². The minimum absolute atomic E-state index is 0.475. The summed E-state index contributed by atoms with van der Waals surface area (Å²) in [6.45, 7) is 5.10. The first-order valence-electron chi connectivity index (χ1n) is 8.05. The molecule has 1 saturated heterocycles. The number of hydrogen-bond donors (Lipinski definition) is 1. The van der Waals surface area contributed by atoms with E-state index in [0.29, 0.717) is 12.0 Å². The zero-order chi connectivity index (χ0) is 14.8. The van der Waals surface area contributed by atoms with Gasteiger partial charge in [0.25, 0.3) is 0 Å². The first-order chi connectivity index (χ1) is 9.43.